The number of nitrogens with zero attached hydrogens (tertiary/aromatic N) is 2. The van der Waals surface area contributed by atoms with E-state index in [1.807, 2.05) is 49.4 Å². The molecule has 0 atom stereocenters. The second-order valence-corrected chi connectivity index (χ2v) is 7.34. The minimum Gasteiger partial charge on any atom is -0.410 e. The van der Waals surface area contributed by atoms with Gasteiger partial charge in [0, 0.05) is 37.2 Å². The maximum Gasteiger partial charge on any atom is 0.414 e. The molecule has 2 aromatic rings. The lowest BCUT2D eigenvalue weighted by atomic mass is 10.2. The molecule has 5 nitrogen and oxygen atoms in total. The summed E-state index contributed by atoms with van der Waals surface area (Å²) in [6, 6.07) is 15.6. The SMILES string of the molecule is CCN(C)C(=O)Oc1ccc2c(c1)N(Cc1ccccc1)/C(=C/C(C)=O)S2. The minimum absolute atomic E-state index is 0.000380. The molecule has 0 radical (unpaired) electrons. The molecule has 6 heteroatoms. The van der Waals surface area contributed by atoms with E-state index in [0.717, 1.165) is 21.2 Å². The quantitative estimate of drug-likeness (QED) is 0.703. The third kappa shape index (κ3) is 4.52. The van der Waals surface area contributed by atoms with Crippen molar-refractivity contribution in [2.75, 3.05) is 18.5 Å². The van der Waals surface area contributed by atoms with Gasteiger partial charge in [0.25, 0.3) is 0 Å². The summed E-state index contributed by atoms with van der Waals surface area (Å²) in [6.07, 6.45) is 1.25. The summed E-state index contributed by atoms with van der Waals surface area (Å²) in [7, 11) is 1.70. The number of benzene rings is 2. The number of carbonyl (C=O) groups excluding carboxylic acids is 2. The van der Waals surface area contributed by atoms with Crippen LogP contribution in [0.2, 0.25) is 0 Å². The van der Waals surface area contributed by atoms with Gasteiger partial charge in [-0.2, -0.15) is 0 Å². The molecule has 0 N–H and O–H groups in total. The predicted octanol–water partition coefficient (Wildman–Crippen LogP) is 4.68. The van der Waals surface area contributed by atoms with Crippen LogP contribution in [-0.4, -0.2) is 30.4 Å². The third-order valence-electron chi connectivity index (χ3n) is 4.20. The topological polar surface area (TPSA) is 49.9 Å². The van der Waals surface area contributed by atoms with Gasteiger partial charge >= 0.3 is 6.09 Å². The molecule has 0 saturated carbocycles. The van der Waals surface area contributed by atoms with Gasteiger partial charge in [0.2, 0.25) is 0 Å². The molecule has 1 amide bonds. The molecule has 1 aliphatic heterocycles. The molecule has 1 aliphatic rings. The number of thioether (sulfide) groups is 1. The van der Waals surface area contributed by atoms with E-state index in [2.05, 4.69) is 4.90 Å². The van der Waals surface area contributed by atoms with Crippen LogP contribution in [0.15, 0.2) is 64.5 Å². The molecular formula is C21H22N2O3S. The van der Waals surface area contributed by atoms with Crippen LogP contribution in [0.4, 0.5) is 10.5 Å². The van der Waals surface area contributed by atoms with E-state index >= 15 is 0 Å². The number of hydrogen-bond donors (Lipinski definition) is 0. The second kappa shape index (κ2) is 8.31. The fourth-order valence-electron chi connectivity index (χ4n) is 2.66. The molecule has 1 heterocycles. The Morgan fingerprint density at radius 1 is 1.19 bits per heavy atom. The second-order valence-electron chi connectivity index (χ2n) is 6.28. The molecular weight excluding hydrogens is 360 g/mol. The molecule has 140 valence electrons. The van der Waals surface area contributed by atoms with Gasteiger partial charge in [0.05, 0.1) is 10.7 Å². The van der Waals surface area contributed by atoms with Crippen molar-refractivity contribution in [2.24, 2.45) is 0 Å². The first kappa shape index (κ1) is 19.0. The summed E-state index contributed by atoms with van der Waals surface area (Å²) in [5, 5.41) is 0.871. The number of anilines is 1. The average Bonchev–Trinajstić information content (AvgIpc) is 2.98. The van der Waals surface area contributed by atoms with Crippen molar-refractivity contribution in [1.29, 1.82) is 0 Å². The van der Waals surface area contributed by atoms with Crippen LogP contribution >= 0.6 is 11.8 Å². The molecule has 0 unspecified atom stereocenters. The fourth-order valence-corrected chi connectivity index (χ4v) is 3.80. The Balaban J connectivity index is 1.92. The van der Waals surface area contributed by atoms with Crippen molar-refractivity contribution in [3.05, 3.63) is 65.2 Å². The third-order valence-corrected chi connectivity index (χ3v) is 5.32. The highest BCUT2D eigenvalue weighted by Gasteiger charge is 2.26. The van der Waals surface area contributed by atoms with Gasteiger partial charge in [-0.1, -0.05) is 42.1 Å². The summed E-state index contributed by atoms with van der Waals surface area (Å²) in [5.74, 6) is 0.487. The van der Waals surface area contributed by atoms with Crippen LogP contribution in [0, 0.1) is 0 Å². The van der Waals surface area contributed by atoms with Crippen LogP contribution in [0.25, 0.3) is 0 Å². The number of carbonyl (C=O) groups is 2. The summed E-state index contributed by atoms with van der Waals surface area (Å²) < 4.78 is 5.47. The van der Waals surface area contributed by atoms with Crippen LogP contribution in [0.5, 0.6) is 5.75 Å². The van der Waals surface area contributed by atoms with E-state index in [9.17, 15) is 9.59 Å². The van der Waals surface area contributed by atoms with Crippen molar-refractivity contribution < 1.29 is 14.3 Å². The van der Waals surface area contributed by atoms with Gasteiger partial charge in [-0.05, 0) is 31.5 Å². The number of fused-ring (bicyclic) bond motifs is 1. The largest absolute Gasteiger partial charge is 0.414 e. The van der Waals surface area contributed by atoms with Gasteiger partial charge in [0.15, 0.2) is 5.78 Å². The zero-order valence-electron chi connectivity index (χ0n) is 15.6. The lowest BCUT2D eigenvalue weighted by Gasteiger charge is -2.21. The fraction of sp³-hybridized carbons (Fsp3) is 0.238. The zero-order valence-corrected chi connectivity index (χ0v) is 16.5. The van der Waals surface area contributed by atoms with Gasteiger partial charge in [-0.25, -0.2) is 4.79 Å². The molecule has 0 spiro atoms. The summed E-state index contributed by atoms with van der Waals surface area (Å²) in [5.41, 5.74) is 2.06. The van der Waals surface area contributed by atoms with Crippen molar-refractivity contribution in [2.45, 2.75) is 25.3 Å². The van der Waals surface area contributed by atoms with Crippen LogP contribution < -0.4 is 9.64 Å². The Morgan fingerprint density at radius 3 is 2.59 bits per heavy atom. The van der Waals surface area contributed by atoms with Crippen molar-refractivity contribution in [3.63, 3.8) is 0 Å². The van der Waals surface area contributed by atoms with Crippen molar-refractivity contribution >= 4 is 29.3 Å². The number of amides is 1. The van der Waals surface area contributed by atoms with Crippen molar-refractivity contribution in [1.82, 2.24) is 4.90 Å². The number of allylic oxidation sites excluding steroid dienone is 1. The van der Waals surface area contributed by atoms with Crippen LogP contribution in [-0.2, 0) is 11.3 Å². The average molecular weight is 382 g/mol. The molecule has 3 rings (SSSR count). The normalized spacial score (nSPS) is 14.2. The van der Waals surface area contributed by atoms with Crippen LogP contribution in [0.3, 0.4) is 0 Å². The number of hydrogen-bond acceptors (Lipinski definition) is 5. The smallest absolute Gasteiger partial charge is 0.410 e. The van der Waals surface area contributed by atoms with E-state index in [1.54, 1.807) is 37.9 Å². The molecule has 0 bridgehead atoms. The first-order valence-corrected chi connectivity index (χ1v) is 9.58. The lowest BCUT2D eigenvalue weighted by molar-refractivity contribution is -0.112. The van der Waals surface area contributed by atoms with Gasteiger partial charge < -0.3 is 14.5 Å². The summed E-state index contributed by atoms with van der Waals surface area (Å²) in [6.45, 7) is 4.64. The number of ketones is 1. The van der Waals surface area contributed by atoms with Gasteiger partial charge in [0.1, 0.15) is 5.75 Å². The molecule has 27 heavy (non-hydrogen) atoms. The minimum atomic E-state index is -0.391. The molecule has 0 aromatic heterocycles. The maximum atomic E-state index is 12.1. The molecule has 0 fully saturated rings. The number of rotatable bonds is 5. The zero-order chi connectivity index (χ0) is 19.4. The number of ether oxygens (including phenoxy) is 1. The lowest BCUT2D eigenvalue weighted by Crippen LogP contribution is -2.29. The van der Waals surface area contributed by atoms with E-state index in [4.69, 9.17) is 4.74 Å². The van der Waals surface area contributed by atoms with Gasteiger partial charge in [-0.15, -0.1) is 0 Å². The Labute approximate surface area is 163 Å². The van der Waals surface area contributed by atoms with E-state index in [1.165, 1.54) is 4.90 Å². The first-order valence-electron chi connectivity index (χ1n) is 8.76. The summed E-state index contributed by atoms with van der Waals surface area (Å²) in [4.78, 5) is 28.3. The highest BCUT2D eigenvalue weighted by atomic mass is 32.2. The van der Waals surface area contributed by atoms with E-state index < -0.39 is 6.09 Å². The van der Waals surface area contributed by atoms with Crippen molar-refractivity contribution in [3.8, 4) is 5.75 Å². The molecule has 0 aliphatic carbocycles. The van der Waals surface area contributed by atoms with E-state index in [-0.39, 0.29) is 5.78 Å². The molecule has 0 saturated heterocycles. The van der Waals surface area contributed by atoms with E-state index in [0.29, 0.717) is 18.8 Å². The Morgan fingerprint density at radius 2 is 1.93 bits per heavy atom. The Bertz CT molecular complexity index is 880. The maximum absolute atomic E-state index is 12.1. The standard InChI is InChI=1S/C21H22N2O3S/c1-4-22(3)21(25)26-17-10-11-19-18(13-17)23(20(27-19)12-15(2)24)14-16-8-6-5-7-9-16/h5-13H,4,14H2,1-3H3/b20-12-. The first-order chi connectivity index (χ1) is 13.0. The highest BCUT2D eigenvalue weighted by Crippen LogP contribution is 2.48. The Kier molecular flexibility index (Phi) is 5.86. The summed E-state index contributed by atoms with van der Waals surface area (Å²) >= 11 is 1.55. The predicted molar refractivity (Wildman–Crippen MR) is 108 cm³/mol. The molecule has 2 aromatic carbocycles. The monoisotopic (exact) mass is 382 g/mol. The van der Waals surface area contributed by atoms with Gasteiger partial charge in [-0.3, -0.25) is 4.79 Å². The van der Waals surface area contributed by atoms with Crippen LogP contribution in [0.1, 0.15) is 19.4 Å². The Hall–Kier alpha value is -2.73. The highest BCUT2D eigenvalue weighted by molar-refractivity contribution is 8.03.